The maximum Gasteiger partial charge on any atom is 0.417 e. The van der Waals surface area contributed by atoms with Crippen LogP contribution in [-0.2, 0) is 54.8 Å². The van der Waals surface area contributed by atoms with E-state index in [9.17, 15) is 105 Å². The van der Waals surface area contributed by atoms with E-state index in [-0.39, 0.29) is 106 Å². The smallest absolute Gasteiger partial charge is 0.309 e. The zero-order valence-corrected chi connectivity index (χ0v) is 49.5. The average molecular weight is 1380 g/mol. The van der Waals surface area contributed by atoms with Gasteiger partial charge in [-0.2, -0.15) is 105 Å². The van der Waals surface area contributed by atoms with Crippen molar-refractivity contribution in [1.82, 2.24) is 4.57 Å². The second-order valence-corrected chi connectivity index (χ2v) is 23.7. The predicted octanol–water partition coefficient (Wildman–Crippen LogP) is 25.9. The van der Waals surface area contributed by atoms with Crippen molar-refractivity contribution >= 4 is 21.8 Å². The zero-order chi connectivity index (χ0) is 70.9. The topological polar surface area (TPSA) is 4.93 Å². The minimum Gasteiger partial charge on any atom is -0.309 e. The van der Waals surface area contributed by atoms with Crippen LogP contribution < -0.4 is 0 Å². The van der Waals surface area contributed by atoms with E-state index in [1.54, 1.807) is 47.0 Å². The third-order valence-electron chi connectivity index (χ3n) is 16.3. The molecule has 1 aromatic heterocycles. The first-order chi connectivity index (χ1) is 44.8. The lowest BCUT2D eigenvalue weighted by molar-refractivity contribution is -0.141. The van der Waals surface area contributed by atoms with Gasteiger partial charge in [0.2, 0.25) is 0 Å². The molecule has 502 valence electrons. The highest BCUT2D eigenvalue weighted by molar-refractivity contribution is 6.12. The number of alkyl halides is 24. The molecule has 0 unspecified atom stereocenters. The Hall–Kier alpha value is -9.68. The summed E-state index contributed by atoms with van der Waals surface area (Å²) in [6, 6.07) is 26.8. The third kappa shape index (κ3) is 13.6. The Kier molecular flexibility index (Phi) is 16.7. The van der Waals surface area contributed by atoms with Crippen molar-refractivity contribution in [2.75, 3.05) is 0 Å². The fourth-order valence-corrected chi connectivity index (χ4v) is 11.9. The number of hydrogen-bond acceptors (Lipinski definition) is 0. The van der Waals surface area contributed by atoms with E-state index >= 15 is 0 Å². The van der Waals surface area contributed by atoms with Crippen LogP contribution in [-0.4, -0.2) is 4.57 Å². The minimum absolute atomic E-state index is 0.0103. The molecule has 1 heterocycles. The van der Waals surface area contributed by atoms with Gasteiger partial charge < -0.3 is 4.57 Å². The summed E-state index contributed by atoms with van der Waals surface area (Å²) in [6.45, 7) is 5.75. The molecule has 0 radical (unpaired) electrons. The molecule has 1 nitrogen and oxygen atoms in total. The monoisotopic (exact) mass is 1380 g/mol. The second-order valence-electron chi connectivity index (χ2n) is 23.7. The van der Waals surface area contributed by atoms with E-state index in [2.05, 4.69) is 0 Å². The molecule has 97 heavy (non-hydrogen) atoms. The summed E-state index contributed by atoms with van der Waals surface area (Å²) in [6.07, 6.45) is -43.4. The van der Waals surface area contributed by atoms with Gasteiger partial charge in [-0.15, -0.1) is 0 Å². The fraction of sp³-hybridized carbons (Fsp3) is 0.167. The van der Waals surface area contributed by atoms with Crippen LogP contribution in [0.4, 0.5) is 105 Å². The summed E-state index contributed by atoms with van der Waals surface area (Å²) >= 11 is 0. The van der Waals surface area contributed by atoms with Crippen molar-refractivity contribution in [2.24, 2.45) is 0 Å². The van der Waals surface area contributed by atoms with E-state index in [4.69, 9.17) is 0 Å². The van der Waals surface area contributed by atoms with Crippen molar-refractivity contribution in [3.63, 3.8) is 0 Å². The lowest BCUT2D eigenvalue weighted by Crippen LogP contribution is -2.13. The van der Waals surface area contributed by atoms with Crippen LogP contribution in [0.15, 0.2) is 194 Å². The van der Waals surface area contributed by atoms with Gasteiger partial charge in [0, 0.05) is 16.3 Å². The molecule has 0 saturated heterocycles. The molecule has 11 aromatic rings. The van der Waals surface area contributed by atoms with Crippen molar-refractivity contribution in [3.8, 4) is 83.6 Å². The lowest BCUT2D eigenvalue weighted by Gasteiger charge is -2.24. The van der Waals surface area contributed by atoms with Gasteiger partial charge in [-0.3, -0.25) is 0 Å². The molecule has 0 aliphatic rings. The van der Waals surface area contributed by atoms with Gasteiger partial charge in [0.1, 0.15) is 0 Å². The summed E-state index contributed by atoms with van der Waals surface area (Å²) in [4.78, 5) is 0. The number of benzene rings is 10. The van der Waals surface area contributed by atoms with Gasteiger partial charge >= 0.3 is 49.4 Å². The summed E-state index contributed by atoms with van der Waals surface area (Å²) in [5.41, 5.74) is -21.7. The predicted molar refractivity (Wildman–Crippen MR) is 318 cm³/mol. The van der Waals surface area contributed by atoms with Gasteiger partial charge in [-0.25, -0.2) is 0 Å². The average Bonchev–Trinajstić information content (AvgIpc) is 1.70. The first-order valence-electron chi connectivity index (χ1n) is 28.5. The Balaban J connectivity index is 1.27. The molecular formula is C72H41F24N. The largest absolute Gasteiger partial charge is 0.417 e. The maximum atomic E-state index is 15.0. The molecule has 0 amide bonds. The van der Waals surface area contributed by atoms with Crippen molar-refractivity contribution in [3.05, 3.63) is 244 Å². The number of halogens is 24. The number of aromatic nitrogens is 1. The standard InChI is InChI=1S/C72H41F24N/c1-64(2,3)56-10-6-4-8-48(56)49-9-5-7-11-61(49)97-62-22-12-36(38-24-40(50-32-44(65(73,74)75)14-18-57(50)69(85,86)87)28-41(25-38)51-33-45(66(76,77)78)15-19-58(51)70(88,89)90)30-54(62)55-31-37(13-23-63(55)97)39-26-42(52-34-46(67(79,80)81)16-20-59(52)71(91,92)93)29-43(27-39)53-35-47(68(82,83)84)17-21-60(53)72(94,95)96/h4-35H,1-3H3. The minimum atomic E-state index is -5.49. The normalized spacial score (nSPS) is 13.3. The molecule has 0 saturated carbocycles. The van der Waals surface area contributed by atoms with E-state index in [1.807, 2.05) is 26.8 Å². The van der Waals surface area contributed by atoms with E-state index in [0.29, 0.717) is 28.9 Å². The molecule has 0 fully saturated rings. The van der Waals surface area contributed by atoms with Gasteiger partial charge in [0.25, 0.3) is 0 Å². The summed E-state index contributed by atoms with van der Waals surface area (Å²) in [7, 11) is 0. The van der Waals surface area contributed by atoms with Crippen LogP contribution in [0.5, 0.6) is 0 Å². The number of hydrogen-bond donors (Lipinski definition) is 0. The summed E-state index contributed by atoms with van der Waals surface area (Å²) in [5.74, 6) is 0. The van der Waals surface area contributed by atoms with Gasteiger partial charge in [-0.05, 0) is 223 Å². The lowest BCUT2D eigenvalue weighted by atomic mass is 9.81. The quantitative estimate of drug-likeness (QED) is 0.134. The Bertz CT molecular complexity index is 4450. The third-order valence-corrected chi connectivity index (χ3v) is 16.3. The molecule has 0 aliphatic heterocycles. The van der Waals surface area contributed by atoms with Crippen LogP contribution in [0.25, 0.3) is 105 Å². The Morgan fingerprint density at radius 1 is 0.216 bits per heavy atom. The van der Waals surface area contributed by atoms with Gasteiger partial charge in [-0.1, -0.05) is 75.4 Å². The Morgan fingerprint density at radius 2 is 0.495 bits per heavy atom. The zero-order valence-electron chi connectivity index (χ0n) is 49.5. The van der Waals surface area contributed by atoms with Crippen molar-refractivity contribution in [2.45, 2.75) is 75.6 Å². The summed E-state index contributed by atoms with van der Waals surface area (Å²) in [5, 5.41) is 0.0207. The van der Waals surface area contributed by atoms with E-state index < -0.39 is 155 Å². The first kappa shape index (κ1) is 68.7. The Morgan fingerprint density at radius 3 is 0.784 bits per heavy atom. The molecular weight excluding hydrogens is 1330 g/mol. The van der Waals surface area contributed by atoms with Gasteiger partial charge in [0.15, 0.2) is 0 Å². The highest BCUT2D eigenvalue weighted by atomic mass is 19.4. The first-order valence-corrected chi connectivity index (χ1v) is 28.5. The maximum absolute atomic E-state index is 15.0. The van der Waals surface area contributed by atoms with Crippen LogP contribution >= 0.6 is 0 Å². The summed E-state index contributed by atoms with van der Waals surface area (Å²) < 4.78 is 355. The molecule has 0 N–H and O–H groups in total. The van der Waals surface area contributed by atoms with E-state index in [1.165, 1.54) is 36.4 Å². The van der Waals surface area contributed by atoms with Crippen LogP contribution in [0.2, 0.25) is 0 Å². The van der Waals surface area contributed by atoms with Crippen LogP contribution in [0.1, 0.15) is 70.8 Å². The van der Waals surface area contributed by atoms with E-state index in [0.717, 1.165) is 29.8 Å². The van der Waals surface area contributed by atoms with Crippen molar-refractivity contribution in [1.29, 1.82) is 0 Å². The SMILES string of the molecule is CC(C)(C)c1ccccc1-c1ccccc1-n1c2ccc(-c3cc(-c4cc(C(F)(F)F)ccc4C(F)(F)F)cc(-c4cc(C(F)(F)F)ccc4C(F)(F)F)c3)cc2c2cc(-c3cc(-c4cc(C(F)(F)F)ccc4C(F)(F)F)cc(-c4cc(C(F)(F)F)ccc4C(F)(F)F)c3)ccc21. The fourth-order valence-electron chi connectivity index (χ4n) is 11.9. The van der Waals surface area contributed by atoms with Crippen molar-refractivity contribution < 1.29 is 105 Å². The van der Waals surface area contributed by atoms with Gasteiger partial charge in [0.05, 0.1) is 61.2 Å². The highest BCUT2D eigenvalue weighted by Gasteiger charge is 2.43. The molecule has 0 bridgehead atoms. The Labute approximate surface area is 533 Å². The highest BCUT2D eigenvalue weighted by Crippen LogP contribution is 2.51. The number of para-hydroxylation sites is 1. The number of nitrogens with zero attached hydrogens (tertiary/aromatic N) is 1. The molecule has 25 heteroatoms. The molecule has 0 aliphatic carbocycles. The molecule has 11 rings (SSSR count). The number of fused-ring (bicyclic) bond motifs is 3. The molecule has 0 atom stereocenters. The second kappa shape index (κ2) is 23.6. The molecule has 0 spiro atoms. The number of rotatable bonds is 8. The molecule has 10 aromatic carbocycles. The van der Waals surface area contributed by atoms with Crippen LogP contribution in [0.3, 0.4) is 0 Å². The van der Waals surface area contributed by atoms with Crippen LogP contribution in [0, 0.1) is 0 Å².